The standard InChI is InChI=1S/C8H9ClN2O2S.C6H6Cl2N2S.C6H7ClN2OS.CH4.B6.Cl2OS/c1-3-13-7(12)5-4-10-8(14-2)11-6(5)9;1-11-6-9-3-4(2-7)5(8)10-6;1-11-6-8-2-4(3-10)5(7)9-6;;1-5(2)6(3)4;1-4(2)3/h4H,3H2,1-2H3;3H,2H2,1H3;2,10H,3H2,1H3;1H4;;. The van der Waals surface area contributed by atoms with Crippen LogP contribution >= 0.6 is 103 Å². The molecule has 0 atom stereocenters. The highest BCUT2D eigenvalue weighted by molar-refractivity contribution is 8.26. The molecule has 248 valence electrons. The Hall–Kier alpha value is -0.000390. The van der Waals surface area contributed by atoms with E-state index in [0.717, 1.165) is 5.56 Å². The van der Waals surface area contributed by atoms with Crippen molar-refractivity contribution in [1.82, 2.24) is 29.9 Å². The van der Waals surface area contributed by atoms with Crippen molar-refractivity contribution >= 4 is 162 Å². The Bertz CT molecular complexity index is 1290. The highest BCUT2D eigenvalue weighted by atomic mass is 36.0. The van der Waals surface area contributed by atoms with Crippen LogP contribution in [0.25, 0.3) is 0 Å². The van der Waals surface area contributed by atoms with Gasteiger partial charge in [-0.3, -0.25) is 0 Å². The lowest BCUT2D eigenvalue weighted by Gasteiger charge is -2.03. The Morgan fingerprint density at radius 3 is 1.47 bits per heavy atom. The van der Waals surface area contributed by atoms with E-state index in [2.05, 4.69) is 51.3 Å². The zero-order chi connectivity index (χ0) is 35.8. The summed E-state index contributed by atoms with van der Waals surface area (Å²) in [6.07, 6.45) is 8.95. The van der Waals surface area contributed by atoms with Gasteiger partial charge in [0, 0.05) is 94.8 Å². The first kappa shape index (κ1) is 51.4. The lowest BCUT2D eigenvalue weighted by atomic mass is 8.81. The number of hydrogen-bond donors (Lipinski definition) is 1. The quantitative estimate of drug-likeness (QED) is 0.0594. The average Bonchev–Trinajstić information content (AvgIpc) is 3.01. The number of carbonyl (C=O) groups excluding carboxylic acids is 1. The molecule has 0 saturated heterocycles. The molecule has 0 bridgehead atoms. The maximum Gasteiger partial charge on any atom is 0.342 e. The topological polar surface area (TPSA) is 141 Å². The van der Waals surface area contributed by atoms with Crippen LogP contribution in [0.1, 0.15) is 35.8 Å². The number of halogens is 6. The zero-order valence-electron chi connectivity index (χ0n) is 24.6. The first-order chi connectivity index (χ1) is 21.6. The number of aliphatic hydroxyl groups excluding tert-OH is 1. The van der Waals surface area contributed by atoms with Gasteiger partial charge in [-0.1, -0.05) is 77.5 Å². The highest BCUT2D eigenvalue weighted by Crippen LogP contribution is 2.19. The molecule has 3 aromatic heterocycles. The summed E-state index contributed by atoms with van der Waals surface area (Å²) in [5, 5.41) is 11.4. The van der Waals surface area contributed by atoms with Gasteiger partial charge in [0.05, 0.1) is 19.1 Å². The average molecular weight is 832 g/mol. The Morgan fingerprint density at radius 1 is 0.830 bits per heavy atom. The summed E-state index contributed by atoms with van der Waals surface area (Å²) in [7, 11) is 27.2. The molecule has 26 heteroatoms. The second-order valence-corrected chi connectivity index (χ2v) is 13.4. The first-order valence-corrected chi connectivity index (χ1v) is 20.0. The molecule has 0 aromatic carbocycles. The third-order valence-electron chi connectivity index (χ3n) is 4.10. The number of alkyl halides is 1. The lowest BCUT2D eigenvalue weighted by Crippen LogP contribution is -2.38. The second kappa shape index (κ2) is 30.8. The van der Waals surface area contributed by atoms with E-state index in [1.54, 1.807) is 13.1 Å². The molecule has 0 spiro atoms. The van der Waals surface area contributed by atoms with E-state index in [1.807, 2.05) is 18.8 Å². The van der Waals surface area contributed by atoms with Crippen LogP contribution in [0.2, 0.25) is 15.5 Å². The molecule has 3 aromatic rings. The molecule has 0 unspecified atom stereocenters. The fourth-order valence-electron chi connectivity index (χ4n) is 1.92. The van der Waals surface area contributed by atoms with Crippen LogP contribution in [-0.2, 0) is 26.5 Å². The van der Waals surface area contributed by atoms with E-state index in [-0.39, 0.29) is 24.8 Å². The summed E-state index contributed by atoms with van der Waals surface area (Å²) in [4.78, 5) is 35.0. The summed E-state index contributed by atoms with van der Waals surface area (Å²) < 4.78 is 13.9. The minimum Gasteiger partial charge on any atom is -0.462 e. The molecular formula is C21H26B6Cl6N6O4S4. The van der Waals surface area contributed by atoms with Gasteiger partial charge in [-0.25, -0.2) is 38.9 Å². The van der Waals surface area contributed by atoms with E-state index in [9.17, 15) is 4.79 Å². The summed E-state index contributed by atoms with van der Waals surface area (Å²) in [5.41, 5.74) is 1.53. The van der Waals surface area contributed by atoms with E-state index in [4.69, 9.17) is 91.4 Å². The molecular weight excluding hydrogens is 806 g/mol. The zero-order valence-corrected chi connectivity index (χ0v) is 32.4. The molecule has 1 N–H and O–H groups in total. The van der Waals surface area contributed by atoms with Gasteiger partial charge in [0.2, 0.25) is 9.23 Å². The van der Waals surface area contributed by atoms with Crippen LogP contribution in [0.5, 0.6) is 0 Å². The third kappa shape index (κ3) is 24.7. The van der Waals surface area contributed by atoms with Crippen LogP contribution < -0.4 is 0 Å². The number of nitrogens with zero attached hydrogens (tertiary/aromatic N) is 6. The van der Waals surface area contributed by atoms with Crippen molar-refractivity contribution in [2.24, 2.45) is 0 Å². The maximum atomic E-state index is 11.3. The number of hydrogen-bond acceptors (Lipinski definition) is 13. The van der Waals surface area contributed by atoms with Gasteiger partial charge in [-0.2, -0.15) is 0 Å². The Labute approximate surface area is 326 Å². The van der Waals surface area contributed by atoms with E-state index in [1.165, 1.54) is 47.7 Å². The van der Waals surface area contributed by atoms with Gasteiger partial charge in [0.25, 0.3) is 0 Å². The number of esters is 1. The number of aliphatic hydroxyl groups is 1. The second-order valence-electron chi connectivity index (χ2n) is 7.26. The molecule has 0 saturated carbocycles. The first-order valence-electron chi connectivity index (χ1n) is 11.9. The Kier molecular flexibility index (Phi) is 33.7. The molecule has 10 nitrogen and oxygen atoms in total. The van der Waals surface area contributed by atoms with Crippen LogP contribution in [0.15, 0.2) is 34.1 Å². The third-order valence-corrected chi connectivity index (χ3v) is 7.02. The fraction of sp³-hybridized carbons (Fsp3) is 0.381. The number of ether oxygens (including phenoxy) is 1. The van der Waals surface area contributed by atoms with Crippen molar-refractivity contribution in [2.45, 2.75) is 42.3 Å². The summed E-state index contributed by atoms with van der Waals surface area (Å²) in [6.45, 7) is 1.91. The van der Waals surface area contributed by atoms with Crippen LogP contribution in [0.4, 0.5) is 0 Å². The van der Waals surface area contributed by atoms with E-state index >= 15 is 0 Å². The Balaban J connectivity index is -0.000000540. The predicted octanol–water partition coefficient (Wildman–Crippen LogP) is 5.36. The minimum absolute atomic E-state index is 0. The molecule has 47 heavy (non-hydrogen) atoms. The van der Waals surface area contributed by atoms with Crippen molar-refractivity contribution in [2.75, 3.05) is 25.4 Å². The smallest absolute Gasteiger partial charge is 0.342 e. The molecule has 3 rings (SSSR count). The van der Waals surface area contributed by atoms with Gasteiger partial charge < -0.3 is 9.84 Å². The summed E-state index contributed by atoms with van der Waals surface area (Å²) in [6, 6.07) is 0. The van der Waals surface area contributed by atoms with Crippen LogP contribution in [0, 0.1) is 0 Å². The van der Waals surface area contributed by atoms with Gasteiger partial charge in [0.15, 0.2) is 15.5 Å². The molecule has 0 aliphatic carbocycles. The molecule has 3 heterocycles. The largest absolute Gasteiger partial charge is 0.462 e. The highest BCUT2D eigenvalue weighted by Gasteiger charge is 2.13. The van der Waals surface area contributed by atoms with Crippen molar-refractivity contribution in [3.63, 3.8) is 0 Å². The van der Waals surface area contributed by atoms with Crippen LogP contribution in [0.3, 0.4) is 0 Å². The Morgan fingerprint density at radius 2 is 1.19 bits per heavy atom. The fourth-order valence-corrected chi connectivity index (χ4v) is 3.95. The van der Waals surface area contributed by atoms with Gasteiger partial charge in [-0.15, -0.1) is 11.6 Å². The molecule has 0 amide bonds. The van der Waals surface area contributed by atoms with Crippen molar-refractivity contribution in [3.05, 3.63) is 50.7 Å². The van der Waals surface area contributed by atoms with Gasteiger partial charge in [-0.05, 0) is 25.7 Å². The van der Waals surface area contributed by atoms with Crippen molar-refractivity contribution in [3.8, 4) is 0 Å². The number of rotatable bonds is 8. The SMILES string of the molecule is C.CCOC(=O)c1cnc(SC)nc1Cl.CSc1ncc(CCl)c(Cl)n1.CSc1ncc(CO)c(Cl)n1.O=S(Cl)Cl.[B]B([B])B([B])[B]. The van der Waals surface area contributed by atoms with E-state index < -0.39 is 28.0 Å². The van der Waals surface area contributed by atoms with Crippen LogP contribution in [-0.4, -0.2) is 114 Å². The van der Waals surface area contributed by atoms with Crippen molar-refractivity contribution in [1.29, 1.82) is 0 Å². The number of aromatic nitrogens is 6. The van der Waals surface area contributed by atoms with Crippen molar-refractivity contribution < 1.29 is 18.8 Å². The van der Waals surface area contributed by atoms with E-state index in [0.29, 0.717) is 43.8 Å². The monoisotopic (exact) mass is 830 g/mol. The predicted molar refractivity (Wildman–Crippen MR) is 209 cm³/mol. The minimum atomic E-state index is -1.67. The molecule has 8 radical (unpaired) electrons. The summed E-state index contributed by atoms with van der Waals surface area (Å²) >= 11 is 27.0. The van der Waals surface area contributed by atoms with Gasteiger partial charge >= 0.3 is 5.97 Å². The maximum absolute atomic E-state index is 11.3. The molecule has 0 aliphatic heterocycles. The normalized spacial score (nSPS) is 9.36. The summed E-state index contributed by atoms with van der Waals surface area (Å²) in [5.74, 6) is -0.141. The molecule has 0 fully saturated rings. The van der Waals surface area contributed by atoms with Gasteiger partial charge in [0.1, 0.15) is 21.0 Å². The number of carbonyl (C=O) groups is 1. The lowest BCUT2D eigenvalue weighted by molar-refractivity contribution is 0.0525. The molecule has 0 aliphatic rings. The number of thioether (sulfide) groups is 3.